The quantitative estimate of drug-likeness (QED) is 0.476. The normalized spacial score (nSPS) is 11.2. The van der Waals surface area contributed by atoms with Gasteiger partial charge in [0.2, 0.25) is 5.82 Å². The minimum atomic E-state index is -1.17. The monoisotopic (exact) mass is 287 g/mol. The van der Waals surface area contributed by atoms with Crippen molar-refractivity contribution in [2.24, 2.45) is 0 Å². The Morgan fingerprint density at radius 2 is 2.05 bits per heavy atom. The standard InChI is InChI=1S/C13H19F2N3O2/c1-9(2)17(3)6-4-5-16-12-8-10(14)7-11(15)13(12)18(19)20/h7-9,16H,4-6H2,1-3H3. The Labute approximate surface area is 116 Å². The first-order chi connectivity index (χ1) is 9.32. The van der Waals surface area contributed by atoms with Crippen molar-refractivity contribution in [2.45, 2.75) is 26.3 Å². The Balaban J connectivity index is 2.66. The molecule has 1 rings (SSSR count). The molecule has 5 nitrogen and oxygen atoms in total. The molecule has 112 valence electrons. The van der Waals surface area contributed by atoms with Gasteiger partial charge in [-0.05, 0) is 33.9 Å². The van der Waals surface area contributed by atoms with Crippen LogP contribution in [-0.4, -0.2) is 36.0 Å². The van der Waals surface area contributed by atoms with Gasteiger partial charge in [-0.1, -0.05) is 0 Å². The van der Waals surface area contributed by atoms with E-state index in [4.69, 9.17) is 0 Å². The predicted molar refractivity (Wildman–Crippen MR) is 73.9 cm³/mol. The number of rotatable bonds is 7. The van der Waals surface area contributed by atoms with Gasteiger partial charge in [0.1, 0.15) is 11.5 Å². The highest BCUT2D eigenvalue weighted by Gasteiger charge is 2.21. The SMILES string of the molecule is CC(C)N(C)CCCNc1cc(F)cc(F)c1[N+](=O)[O-]. The molecule has 0 atom stereocenters. The molecule has 0 aromatic heterocycles. The summed E-state index contributed by atoms with van der Waals surface area (Å²) in [5.74, 6) is -2.01. The Morgan fingerprint density at radius 3 is 2.60 bits per heavy atom. The first-order valence-corrected chi connectivity index (χ1v) is 6.40. The Bertz CT molecular complexity index is 481. The second-order valence-electron chi connectivity index (χ2n) is 4.90. The van der Waals surface area contributed by atoms with Crippen LogP contribution in [0.2, 0.25) is 0 Å². The lowest BCUT2D eigenvalue weighted by Crippen LogP contribution is -2.28. The number of nitrogens with one attached hydrogen (secondary N) is 1. The zero-order chi connectivity index (χ0) is 15.3. The Morgan fingerprint density at radius 1 is 1.40 bits per heavy atom. The largest absolute Gasteiger partial charge is 0.379 e. The van der Waals surface area contributed by atoms with Crippen molar-refractivity contribution in [3.05, 3.63) is 33.9 Å². The Kier molecular flexibility index (Phi) is 5.82. The summed E-state index contributed by atoms with van der Waals surface area (Å²) < 4.78 is 26.5. The van der Waals surface area contributed by atoms with Crippen LogP contribution < -0.4 is 5.32 Å². The van der Waals surface area contributed by atoms with Crippen molar-refractivity contribution >= 4 is 11.4 Å². The zero-order valence-corrected chi connectivity index (χ0v) is 11.8. The molecule has 0 fully saturated rings. The summed E-state index contributed by atoms with van der Waals surface area (Å²) in [5.41, 5.74) is -0.844. The van der Waals surface area contributed by atoms with Gasteiger partial charge < -0.3 is 10.2 Å². The second kappa shape index (κ2) is 7.14. The summed E-state index contributed by atoms with van der Waals surface area (Å²) >= 11 is 0. The lowest BCUT2D eigenvalue weighted by molar-refractivity contribution is -0.386. The first-order valence-electron chi connectivity index (χ1n) is 6.40. The van der Waals surface area contributed by atoms with Crippen LogP contribution in [0.1, 0.15) is 20.3 Å². The summed E-state index contributed by atoms with van der Waals surface area (Å²) in [6, 6.07) is 1.85. The van der Waals surface area contributed by atoms with E-state index in [0.717, 1.165) is 12.6 Å². The van der Waals surface area contributed by atoms with E-state index in [9.17, 15) is 18.9 Å². The predicted octanol–water partition coefficient (Wildman–Crippen LogP) is 3.02. The molecule has 0 amide bonds. The summed E-state index contributed by atoms with van der Waals surface area (Å²) in [5, 5.41) is 13.5. The van der Waals surface area contributed by atoms with Crippen LogP contribution in [0.5, 0.6) is 0 Å². The van der Waals surface area contributed by atoms with Gasteiger partial charge in [0.25, 0.3) is 0 Å². The van der Waals surface area contributed by atoms with Crippen LogP contribution in [0.25, 0.3) is 0 Å². The van der Waals surface area contributed by atoms with E-state index in [2.05, 4.69) is 24.1 Å². The van der Waals surface area contributed by atoms with Crippen molar-refractivity contribution in [1.82, 2.24) is 4.90 Å². The average Bonchev–Trinajstić information content (AvgIpc) is 2.32. The number of benzene rings is 1. The van der Waals surface area contributed by atoms with E-state index in [1.165, 1.54) is 0 Å². The molecule has 0 unspecified atom stereocenters. The number of nitro groups is 1. The molecular formula is C13H19F2N3O2. The van der Waals surface area contributed by atoms with Crippen LogP contribution >= 0.6 is 0 Å². The fourth-order valence-electron chi connectivity index (χ4n) is 1.70. The summed E-state index contributed by atoms with van der Waals surface area (Å²) in [6.07, 6.45) is 0.712. The van der Waals surface area contributed by atoms with Crippen molar-refractivity contribution in [3.8, 4) is 0 Å². The van der Waals surface area contributed by atoms with Gasteiger partial charge in [0.05, 0.1) is 4.92 Å². The minimum absolute atomic E-state index is 0.125. The van der Waals surface area contributed by atoms with Crippen LogP contribution in [0.3, 0.4) is 0 Å². The van der Waals surface area contributed by atoms with Gasteiger partial charge >= 0.3 is 5.69 Å². The van der Waals surface area contributed by atoms with Crippen LogP contribution in [0.15, 0.2) is 12.1 Å². The number of anilines is 1. The molecular weight excluding hydrogens is 268 g/mol. The van der Waals surface area contributed by atoms with E-state index < -0.39 is 22.2 Å². The third kappa shape index (κ3) is 4.41. The number of hydrogen-bond donors (Lipinski definition) is 1. The molecule has 0 aliphatic heterocycles. The van der Waals surface area contributed by atoms with Gasteiger partial charge in [-0.25, -0.2) is 4.39 Å². The van der Waals surface area contributed by atoms with E-state index in [1.807, 2.05) is 7.05 Å². The fourth-order valence-corrected chi connectivity index (χ4v) is 1.70. The molecule has 0 bridgehead atoms. The maximum Gasteiger partial charge on any atom is 0.327 e. The second-order valence-corrected chi connectivity index (χ2v) is 4.90. The lowest BCUT2D eigenvalue weighted by Gasteiger charge is -2.20. The van der Waals surface area contributed by atoms with Gasteiger partial charge in [-0.3, -0.25) is 10.1 Å². The third-order valence-corrected chi connectivity index (χ3v) is 3.10. The smallest absolute Gasteiger partial charge is 0.327 e. The molecule has 0 saturated heterocycles. The van der Waals surface area contributed by atoms with Crippen molar-refractivity contribution in [1.29, 1.82) is 0 Å². The van der Waals surface area contributed by atoms with E-state index in [-0.39, 0.29) is 5.69 Å². The molecule has 0 aliphatic rings. The molecule has 20 heavy (non-hydrogen) atoms. The highest BCUT2D eigenvalue weighted by molar-refractivity contribution is 5.62. The topological polar surface area (TPSA) is 58.4 Å². The molecule has 1 N–H and O–H groups in total. The molecule has 0 heterocycles. The average molecular weight is 287 g/mol. The van der Waals surface area contributed by atoms with Crippen LogP contribution in [-0.2, 0) is 0 Å². The van der Waals surface area contributed by atoms with Gasteiger partial charge in [0.15, 0.2) is 0 Å². The molecule has 1 aromatic rings. The fraction of sp³-hybridized carbons (Fsp3) is 0.538. The van der Waals surface area contributed by atoms with Gasteiger partial charge in [-0.2, -0.15) is 4.39 Å². The highest BCUT2D eigenvalue weighted by Crippen LogP contribution is 2.28. The van der Waals surface area contributed by atoms with Gasteiger partial charge in [0, 0.05) is 24.7 Å². The van der Waals surface area contributed by atoms with Crippen LogP contribution in [0.4, 0.5) is 20.2 Å². The van der Waals surface area contributed by atoms with E-state index in [0.29, 0.717) is 25.1 Å². The molecule has 1 aromatic carbocycles. The molecule has 0 radical (unpaired) electrons. The summed E-state index contributed by atoms with van der Waals surface area (Å²) in [4.78, 5) is 12.0. The van der Waals surface area contributed by atoms with E-state index in [1.54, 1.807) is 0 Å². The first kappa shape index (κ1) is 16.3. The highest BCUT2D eigenvalue weighted by atomic mass is 19.1. The maximum absolute atomic E-state index is 13.4. The molecule has 0 saturated carbocycles. The van der Waals surface area contributed by atoms with Crippen LogP contribution in [0, 0.1) is 21.7 Å². The van der Waals surface area contributed by atoms with Crippen molar-refractivity contribution in [2.75, 3.05) is 25.5 Å². The third-order valence-electron chi connectivity index (χ3n) is 3.10. The van der Waals surface area contributed by atoms with E-state index >= 15 is 0 Å². The maximum atomic E-state index is 13.4. The number of hydrogen-bond acceptors (Lipinski definition) is 4. The number of halogens is 2. The molecule has 0 spiro atoms. The molecule has 7 heteroatoms. The Hall–Kier alpha value is -1.76. The lowest BCUT2D eigenvalue weighted by atomic mass is 10.2. The summed E-state index contributed by atoms with van der Waals surface area (Å²) in [7, 11) is 1.97. The summed E-state index contributed by atoms with van der Waals surface area (Å²) in [6.45, 7) is 5.30. The minimum Gasteiger partial charge on any atom is -0.379 e. The number of nitrogens with zero attached hydrogens (tertiary/aromatic N) is 2. The van der Waals surface area contributed by atoms with Gasteiger partial charge in [-0.15, -0.1) is 0 Å². The zero-order valence-electron chi connectivity index (χ0n) is 11.8. The van der Waals surface area contributed by atoms with Crippen molar-refractivity contribution in [3.63, 3.8) is 0 Å². The molecule has 0 aliphatic carbocycles. The number of nitro benzene ring substituents is 1. The van der Waals surface area contributed by atoms with Crippen molar-refractivity contribution < 1.29 is 13.7 Å².